The molecule has 1 heterocycles. The first-order chi connectivity index (χ1) is 14.0. The Labute approximate surface area is 169 Å². The van der Waals surface area contributed by atoms with E-state index in [1.165, 1.54) is 24.3 Å². The number of aromatic nitrogens is 1. The van der Waals surface area contributed by atoms with E-state index < -0.39 is 25.1 Å². The van der Waals surface area contributed by atoms with Gasteiger partial charge in [0.05, 0.1) is 15.2 Å². The van der Waals surface area contributed by atoms with Gasteiger partial charge in [-0.15, -0.1) is 11.3 Å². The van der Waals surface area contributed by atoms with E-state index in [2.05, 4.69) is 15.0 Å². The number of hydrogen-bond acceptors (Lipinski definition) is 6. The number of anilines is 1. The Morgan fingerprint density at radius 2 is 1.86 bits per heavy atom. The van der Waals surface area contributed by atoms with Gasteiger partial charge in [-0.05, 0) is 49.2 Å². The lowest BCUT2D eigenvalue weighted by atomic mass is 10.2. The van der Waals surface area contributed by atoms with Crippen molar-refractivity contribution in [2.75, 3.05) is 11.9 Å². The average molecular weight is 420 g/mol. The molecule has 3 rings (SSSR count). The molecule has 0 radical (unpaired) electrons. The smallest absolute Gasteiger partial charge is 0.387 e. The third-order valence-corrected chi connectivity index (χ3v) is 4.93. The average Bonchev–Trinajstić information content (AvgIpc) is 3.10. The zero-order chi connectivity index (χ0) is 20.6. The van der Waals surface area contributed by atoms with Crippen molar-refractivity contribution in [1.29, 1.82) is 0 Å². The minimum absolute atomic E-state index is 0.0162. The number of nitrogens with zero attached hydrogens (tertiary/aromatic N) is 1. The highest BCUT2D eigenvalue weighted by Crippen LogP contribution is 2.22. The number of amides is 1. The highest BCUT2D eigenvalue weighted by Gasteiger charge is 2.10. The first kappa shape index (κ1) is 20.7. The van der Waals surface area contributed by atoms with Crippen molar-refractivity contribution in [3.63, 3.8) is 0 Å². The number of para-hydroxylation sites is 1. The summed E-state index contributed by atoms with van der Waals surface area (Å²) >= 11 is 1.59. The lowest BCUT2D eigenvalue weighted by Crippen LogP contribution is -2.20. The molecule has 0 bridgehead atoms. The summed E-state index contributed by atoms with van der Waals surface area (Å²) in [7, 11) is 0. The number of alkyl halides is 2. The maximum atomic E-state index is 12.1. The van der Waals surface area contributed by atoms with Crippen molar-refractivity contribution in [1.82, 2.24) is 4.98 Å². The van der Waals surface area contributed by atoms with E-state index in [1.807, 2.05) is 24.3 Å². The predicted molar refractivity (Wildman–Crippen MR) is 105 cm³/mol. The quantitative estimate of drug-likeness (QED) is 0.519. The second-order valence-electron chi connectivity index (χ2n) is 6.04. The molecule has 2 aromatic carbocycles. The maximum Gasteiger partial charge on any atom is 0.387 e. The molecule has 0 saturated carbocycles. The van der Waals surface area contributed by atoms with Crippen LogP contribution in [0.25, 0.3) is 10.2 Å². The van der Waals surface area contributed by atoms with Crippen LogP contribution in [-0.2, 0) is 20.7 Å². The van der Waals surface area contributed by atoms with Gasteiger partial charge < -0.3 is 14.8 Å². The number of fused-ring (bicyclic) bond motifs is 1. The molecular weight excluding hydrogens is 402 g/mol. The third kappa shape index (κ3) is 6.49. The zero-order valence-corrected chi connectivity index (χ0v) is 16.1. The van der Waals surface area contributed by atoms with Crippen LogP contribution in [-0.4, -0.2) is 30.1 Å². The molecule has 0 atom stereocenters. The number of ether oxygens (including phenoxy) is 2. The Morgan fingerprint density at radius 3 is 2.59 bits per heavy atom. The molecule has 1 aromatic heterocycles. The fraction of sp³-hybridized carbons (Fsp3) is 0.250. The summed E-state index contributed by atoms with van der Waals surface area (Å²) in [6.45, 7) is -3.33. The van der Waals surface area contributed by atoms with Crippen LogP contribution in [0.5, 0.6) is 5.75 Å². The fourth-order valence-corrected chi connectivity index (χ4v) is 3.55. The van der Waals surface area contributed by atoms with Crippen LogP contribution < -0.4 is 10.1 Å². The van der Waals surface area contributed by atoms with Crippen LogP contribution in [0, 0.1) is 0 Å². The summed E-state index contributed by atoms with van der Waals surface area (Å²) < 4.78 is 34.5. The first-order valence-corrected chi connectivity index (χ1v) is 9.66. The minimum atomic E-state index is -2.91. The van der Waals surface area contributed by atoms with Crippen molar-refractivity contribution in [2.45, 2.75) is 25.9 Å². The molecule has 9 heteroatoms. The molecule has 0 spiro atoms. The first-order valence-electron chi connectivity index (χ1n) is 8.84. The van der Waals surface area contributed by atoms with Crippen molar-refractivity contribution in [2.24, 2.45) is 0 Å². The van der Waals surface area contributed by atoms with Gasteiger partial charge in [0.1, 0.15) is 5.75 Å². The van der Waals surface area contributed by atoms with Gasteiger partial charge in [0.15, 0.2) is 6.61 Å². The minimum Gasteiger partial charge on any atom is -0.456 e. The van der Waals surface area contributed by atoms with Crippen LogP contribution in [0.1, 0.15) is 17.8 Å². The van der Waals surface area contributed by atoms with E-state index in [9.17, 15) is 18.4 Å². The molecule has 0 unspecified atom stereocenters. The monoisotopic (exact) mass is 420 g/mol. The van der Waals surface area contributed by atoms with Crippen molar-refractivity contribution in [3.05, 3.63) is 53.5 Å². The number of nitrogens with one attached hydrogen (secondary N) is 1. The van der Waals surface area contributed by atoms with Gasteiger partial charge in [-0.3, -0.25) is 9.59 Å². The van der Waals surface area contributed by atoms with Crippen LogP contribution in [0.3, 0.4) is 0 Å². The molecule has 6 nitrogen and oxygen atoms in total. The molecular formula is C20H18F2N2O4S. The molecule has 0 saturated heterocycles. The highest BCUT2D eigenvalue weighted by atomic mass is 32.1. The fourth-order valence-electron chi connectivity index (χ4n) is 2.55. The van der Waals surface area contributed by atoms with Gasteiger partial charge in [-0.2, -0.15) is 8.78 Å². The van der Waals surface area contributed by atoms with Gasteiger partial charge in [0.2, 0.25) is 0 Å². The van der Waals surface area contributed by atoms with Gasteiger partial charge in [0.25, 0.3) is 5.91 Å². The SMILES string of the molecule is O=C(COC(=O)CCCc1nc2ccccc2s1)Nc1ccc(OC(F)F)cc1. The number of hydrogen-bond donors (Lipinski definition) is 1. The molecule has 3 aromatic rings. The number of halogens is 2. The lowest BCUT2D eigenvalue weighted by Gasteiger charge is -2.08. The normalized spacial score (nSPS) is 10.9. The molecule has 0 fully saturated rings. The largest absolute Gasteiger partial charge is 0.456 e. The van der Waals surface area contributed by atoms with Crippen LogP contribution in [0.4, 0.5) is 14.5 Å². The van der Waals surface area contributed by atoms with Gasteiger partial charge >= 0.3 is 12.6 Å². The Morgan fingerprint density at radius 1 is 1.10 bits per heavy atom. The Kier molecular flexibility index (Phi) is 7.07. The summed E-state index contributed by atoms with van der Waals surface area (Å²) in [5.74, 6) is -1.01. The molecule has 0 aliphatic heterocycles. The van der Waals surface area contributed by atoms with Crippen LogP contribution in [0.2, 0.25) is 0 Å². The second kappa shape index (κ2) is 9.92. The Hall–Kier alpha value is -3.07. The highest BCUT2D eigenvalue weighted by molar-refractivity contribution is 7.18. The summed E-state index contributed by atoms with van der Waals surface area (Å²) in [5.41, 5.74) is 1.32. The van der Waals surface area contributed by atoms with Crippen molar-refractivity contribution in [3.8, 4) is 5.75 Å². The van der Waals surface area contributed by atoms with Crippen LogP contribution in [0.15, 0.2) is 48.5 Å². The number of esters is 1. The molecule has 152 valence electrons. The van der Waals surface area contributed by atoms with E-state index >= 15 is 0 Å². The zero-order valence-electron chi connectivity index (χ0n) is 15.3. The summed E-state index contributed by atoms with van der Waals surface area (Å²) in [5, 5.41) is 3.46. The number of thiazole rings is 1. The van der Waals surface area contributed by atoms with Crippen molar-refractivity contribution < 1.29 is 27.8 Å². The number of carbonyl (C=O) groups excluding carboxylic acids is 2. The third-order valence-electron chi connectivity index (χ3n) is 3.84. The number of rotatable bonds is 9. The summed E-state index contributed by atoms with van der Waals surface area (Å²) in [6.07, 6.45) is 1.42. The lowest BCUT2D eigenvalue weighted by molar-refractivity contribution is -0.147. The number of benzene rings is 2. The van der Waals surface area contributed by atoms with Crippen LogP contribution >= 0.6 is 11.3 Å². The summed E-state index contributed by atoms with van der Waals surface area (Å²) in [4.78, 5) is 28.1. The second-order valence-corrected chi connectivity index (χ2v) is 7.16. The molecule has 1 amide bonds. The maximum absolute atomic E-state index is 12.1. The van der Waals surface area contributed by atoms with E-state index in [-0.39, 0.29) is 12.2 Å². The van der Waals surface area contributed by atoms with Gasteiger partial charge in [-0.25, -0.2) is 4.98 Å². The topological polar surface area (TPSA) is 77.5 Å². The van der Waals surface area contributed by atoms with Crippen molar-refractivity contribution >= 4 is 39.1 Å². The van der Waals surface area contributed by atoms with E-state index in [4.69, 9.17) is 4.74 Å². The predicted octanol–water partition coefficient (Wildman–Crippen LogP) is 4.40. The van der Waals surface area contributed by atoms with E-state index in [1.54, 1.807) is 11.3 Å². The Bertz CT molecular complexity index is 943. The number of carbonyl (C=O) groups is 2. The van der Waals surface area contributed by atoms with Gasteiger partial charge in [-0.1, -0.05) is 12.1 Å². The number of aryl methyl sites for hydroxylation is 1. The Balaban J connectivity index is 1.35. The molecule has 29 heavy (non-hydrogen) atoms. The standard InChI is InChI=1S/C20H18F2N2O4S/c21-20(22)28-14-10-8-13(9-11-14)23-17(25)12-27-19(26)7-3-6-18-24-15-4-1-2-5-16(15)29-18/h1-2,4-5,8-11,20H,3,6-7,12H2,(H,23,25). The molecule has 0 aliphatic carbocycles. The van der Waals surface area contributed by atoms with E-state index in [0.29, 0.717) is 18.5 Å². The van der Waals surface area contributed by atoms with Gasteiger partial charge in [0, 0.05) is 12.1 Å². The molecule has 1 N–H and O–H groups in total. The van der Waals surface area contributed by atoms with E-state index in [0.717, 1.165) is 15.2 Å². The summed E-state index contributed by atoms with van der Waals surface area (Å²) in [6, 6.07) is 13.3. The molecule has 0 aliphatic rings.